The third-order valence-corrected chi connectivity index (χ3v) is 4.95. The molecule has 0 aliphatic carbocycles. The lowest BCUT2D eigenvalue weighted by Gasteiger charge is -2.06. The van der Waals surface area contributed by atoms with Gasteiger partial charge in [-0.05, 0) is 49.2 Å². The zero-order valence-electron chi connectivity index (χ0n) is 13.8. The van der Waals surface area contributed by atoms with E-state index in [-0.39, 0.29) is 10.6 Å². The zero-order valence-corrected chi connectivity index (χ0v) is 14.6. The number of rotatable bonds is 4. The summed E-state index contributed by atoms with van der Waals surface area (Å²) in [6, 6.07) is 13.7. The minimum atomic E-state index is -3.93. The van der Waals surface area contributed by atoms with Crippen molar-refractivity contribution in [1.82, 2.24) is 14.3 Å². The summed E-state index contributed by atoms with van der Waals surface area (Å²) in [5.74, 6) is -0.771. The van der Waals surface area contributed by atoms with Crippen molar-refractivity contribution in [3.05, 3.63) is 77.9 Å². The monoisotopic (exact) mass is 355 g/mol. The van der Waals surface area contributed by atoms with Crippen LogP contribution in [0.2, 0.25) is 0 Å². The number of imidazole rings is 1. The van der Waals surface area contributed by atoms with E-state index in [9.17, 15) is 13.2 Å². The standard InChI is InChI=1S/C18H17N3O3S/c1-13-8-14(2)10-15(9-13)21-11-17(19-12-21)18(22)20-25(23,24)16-6-4-3-5-7-16/h3-12H,1-2H3,(H,20,22). The van der Waals surface area contributed by atoms with Crippen LogP contribution in [0.1, 0.15) is 21.6 Å². The summed E-state index contributed by atoms with van der Waals surface area (Å²) in [5, 5.41) is 0. The molecule has 1 heterocycles. The van der Waals surface area contributed by atoms with Gasteiger partial charge in [-0.15, -0.1) is 0 Å². The molecular formula is C18H17N3O3S. The summed E-state index contributed by atoms with van der Waals surface area (Å²) in [7, 11) is -3.93. The largest absolute Gasteiger partial charge is 0.305 e. The molecule has 3 aromatic rings. The summed E-state index contributed by atoms with van der Waals surface area (Å²) in [5.41, 5.74) is 3.05. The van der Waals surface area contributed by atoms with Gasteiger partial charge in [-0.2, -0.15) is 0 Å². The fourth-order valence-electron chi connectivity index (χ4n) is 2.51. The number of hydrogen-bond acceptors (Lipinski definition) is 4. The Morgan fingerprint density at radius 3 is 2.32 bits per heavy atom. The van der Waals surface area contributed by atoms with Crippen molar-refractivity contribution >= 4 is 15.9 Å². The summed E-state index contributed by atoms with van der Waals surface area (Å²) in [4.78, 5) is 16.3. The first-order valence-electron chi connectivity index (χ1n) is 7.60. The number of benzene rings is 2. The fraction of sp³-hybridized carbons (Fsp3) is 0.111. The predicted molar refractivity (Wildman–Crippen MR) is 94.1 cm³/mol. The Hall–Kier alpha value is -2.93. The highest BCUT2D eigenvalue weighted by molar-refractivity contribution is 7.90. The maximum Gasteiger partial charge on any atom is 0.285 e. The van der Waals surface area contributed by atoms with Gasteiger partial charge in [0.1, 0.15) is 12.0 Å². The molecule has 0 saturated carbocycles. The number of amides is 1. The molecule has 3 rings (SSSR count). The van der Waals surface area contributed by atoms with E-state index in [1.54, 1.807) is 22.8 Å². The van der Waals surface area contributed by atoms with Crippen molar-refractivity contribution in [3.8, 4) is 5.69 Å². The molecule has 0 fully saturated rings. The molecule has 0 unspecified atom stereocenters. The average molecular weight is 355 g/mol. The average Bonchev–Trinajstić information content (AvgIpc) is 3.04. The van der Waals surface area contributed by atoms with E-state index >= 15 is 0 Å². The van der Waals surface area contributed by atoms with E-state index in [0.29, 0.717) is 0 Å². The van der Waals surface area contributed by atoms with Crippen LogP contribution in [0.15, 0.2) is 66.0 Å². The summed E-state index contributed by atoms with van der Waals surface area (Å²) >= 11 is 0. The van der Waals surface area contributed by atoms with Gasteiger partial charge in [-0.3, -0.25) is 4.79 Å². The quantitative estimate of drug-likeness (QED) is 0.780. The number of sulfonamides is 1. The number of aryl methyl sites for hydroxylation is 2. The number of nitrogens with zero attached hydrogens (tertiary/aromatic N) is 2. The number of carbonyl (C=O) groups is 1. The van der Waals surface area contributed by atoms with Gasteiger partial charge in [-0.25, -0.2) is 18.1 Å². The Balaban J connectivity index is 1.84. The van der Waals surface area contributed by atoms with E-state index in [0.717, 1.165) is 16.8 Å². The van der Waals surface area contributed by atoms with Crippen molar-refractivity contribution in [2.24, 2.45) is 0 Å². The van der Waals surface area contributed by atoms with Gasteiger partial charge in [0.25, 0.3) is 15.9 Å². The van der Waals surface area contributed by atoms with Crippen LogP contribution in [0.5, 0.6) is 0 Å². The molecule has 0 aliphatic rings. The first-order chi connectivity index (χ1) is 11.8. The number of carbonyl (C=O) groups excluding carboxylic acids is 1. The lowest BCUT2D eigenvalue weighted by atomic mass is 10.1. The second-order valence-electron chi connectivity index (χ2n) is 5.76. The molecule has 128 valence electrons. The van der Waals surface area contributed by atoms with Crippen LogP contribution in [0, 0.1) is 13.8 Å². The highest BCUT2D eigenvalue weighted by Crippen LogP contribution is 2.14. The lowest BCUT2D eigenvalue weighted by Crippen LogP contribution is -2.30. The van der Waals surface area contributed by atoms with Gasteiger partial charge in [0.2, 0.25) is 0 Å². The Kier molecular flexibility index (Phi) is 4.41. The second-order valence-corrected chi connectivity index (χ2v) is 7.44. The molecule has 1 N–H and O–H groups in total. The van der Waals surface area contributed by atoms with Gasteiger partial charge in [0, 0.05) is 11.9 Å². The number of aromatic nitrogens is 2. The molecule has 0 aliphatic heterocycles. The second kappa shape index (κ2) is 6.52. The van der Waals surface area contributed by atoms with Crippen LogP contribution in [0.4, 0.5) is 0 Å². The van der Waals surface area contributed by atoms with Crippen LogP contribution < -0.4 is 4.72 Å². The van der Waals surface area contributed by atoms with Crippen LogP contribution in [0.25, 0.3) is 5.69 Å². The summed E-state index contributed by atoms with van der Waals surface area (Å²) in [6.07, 6.45) is 2.99. The van der Waals surface area contributed by atoms with Crippen LogP contribution in [-0.2, 0) is 10.0 Å². The topological polar surface area (TPSA) is 81.1 Å². The van der Waals surface area contributed by atoms with E-state index < -0.39 is 15.9 Å². The van der Waals surface area contributed by atoms with Gasteiger partial charge in [-0.1, -0.05) is 24.3 Å². The molecule has 6 nitrogen and oxygen atoms in total. The molecule has 2 aromatic carbocycles. The van der Waals surface area contributed by atoms with Crippen molar-refractivity contribution in [2.45, 2.75) is 18.7 Å². The van der Waals surface area contributed by atoms with Gasteiger partial charge in [0.15, 0.2) is 0 Å². The van der Waals surface area contributed by atoms with Crippen LogP contribution in [0.3, 0.4) is 0 Å². The molecule has 0 saturated heterocycles. The van der Waals surface area contributed by atoms with Crippen molar-refractivity contribution in [2.75, 3.05) is 0 Å². The molecule has 0 atom stereocenters. The summed E-state index contributed by atoms with van der Waals surface area (Å²) in [6.45, 7) is 3.96. The molecule has 1 aromatic heterocycles. The molecule has 0 spiro atoms. The normalized spacial score (nSPS) is 11.3. The van der Waals surface area contributed by atoms with E-state index in [4.69, 9.17) is 0 Å². The zero-order chi connectivity index (χ0) is 18.0. The first kappa shape index (κ1) is 16.9. The van der Waals surface area contributed by atoms with Gasteiger partial charge in [0.05, 0.1) is 4.90 Å². The van der Waals surface area contributed by atoms with Crippen LogP contribution in [-0.4, -0.2) is 23.9 Å². The molecule has 0 bridgehead atoms. The van der Waals surface area contributed by atoms with E-state index in [1.165, 1.54) is 24.7 Å². The third-order valence-electron chi connectivity index (χ3n) is 3.60. The summed E-state index contributed by atoms with van der Waals surface area (Å²) < 4.78 is 28.1. The highest BCUT2D eigenvalue weighted by Gasteiger charge is 2.20. The van der Waals surface area contributed by atoms with E-state index in [2.05, 4.69) is 4.98 Å². The number of nitrogens with one attached hydrogen (secondary N) is 1. The Morgan fingerprint density at radius 1 is 1.04 bits per heavy atom. The minimum absolute atomic E-state index is 0.0251. The maximum absolute atomic E-state index is 12.2. The lowest BCUT2D eigenvalue weighted by molar-refractivity contribution is 0.0977. The molecular weight excluding hydrogens is 338 g/mol. The molecule has 1 amide bonds. The first-order valence-corrected chi connectivity index (χ1v) is 9.08. The van der Waals surface area contributed by atoms with Gasteiger partial charge >= 0.3 is 0 Å². The van der Waals surface area contributed by atoms with Crippen molar-refractivity contribution in [3.63, 3.8) is 0 Å². The third kappa shape index (κ3) is 3.77. The molecule has 0 radical (unpaired) electrons. The highest BCUT2D eigenvalue weighted by atomic mass is 32.2. The molecule has 7 heteroatoms. The number of hydrogen-bond donors (Lipinski definition) is 1. The van der Waals surface area contributed by atoms with Gasteiger partial charge < -0.3 is 4.57 Å². The minimum Gasteiger partial charge on any atom is -0.305 e. The predicted octanol–water partition coefficient (Wildman–Crippen LogP) is 2.61. The fourth-order valence-corrected chi connectivity index (χ4v) is 3.50. The Bertz CT molecular complexity index is 1000. The van der Waals surface area contributed by atoms with Crippen LogP contribution >= 0.6 is 0 Å². The maximum atomic E-state index is 12.2. The SMILES string of the molecule is Cc1cc(C)cc(-n2cnc(C(=O)NS(=O)(=O)c3ccccc3)c2)c1. The van der Waals surface area contributed by atoms with Crippen molar-refractivity contribution < 1.29 is 13.2 Å². The Morgan fingerprint density at radius 2 is 1.68 bits per heavy atom. The molecule has 25 heavy (non-hydrogen) atoms. The van der Waals surface area contributed by atoms with E-state index in [1.807, 2.05) is 36.8 Å². The van der Waals surface area contributed by atoms with Crippen molar-refractivity contribution in [1.29, 1.82) is 0 Å². The Labute approximate surface area is 146 Å². The smallest absolute Gasteiger partial charge is 0.285 e.